The third kappa shape index (κ3) is 2.91. The first-order valence-electron chi connectivity index (χ1n) is 7.27. The lowest BCUT2D eigenvalue weighted by atomic mass is 9.85. The van der Waals surface area contributed by atoms with Crippen molar-refractivity contribution in [3.8, 4) is 5.75 Å². The van der Waals surface area contributed by atoms with Gasteiger partial charge in [0.1, 0.15) is 11.6 Å². The number of anilines is 1. The van der Waals surface area contributed by atoms with Crippen LogP contribution >= 0.6 is 0 Å². The van der Waals surface area contributed by atoms with Crippen LogP contribution in [0.25, 0.3) is 10.8 Å². The normalized spacial score (nSPS) is 22.1. The van der Waals surface area contributed by atoms with E-state index in [2.05, 4.69) is 10.3 Å². The zero-order valence-electron chi connectivity index (χ0n) is 11.7. The summed E-state index contributed by atoms with van der Waals surface area (Å²) in [5.74, 6) is 0.830. The van der Waals surface area contributed by atoms with Gasteiger partial charge in [-0.2, -0.15) is 0 Å². The molecule has 0 unspecified atom stereocenters. The zero-order chi connectivity index (χ0) is 14.8. The Labute approximate surface area is 123 Å². The molecule has 1 heterocycles. The number of nitrogens with two attached hydrogens (primary N) is 1. The zero-order valence-corrected chi connectivity index (χ0v) is 11.7. The second-order valence-electron chi connectivity index (χ2n) is 5.66. The predicted molar refractivity (Wildman–Crippen MR) is 82.0 cm³/mol. The number of hydrogen-bond acceptors (Lipinski definition) is 4. The summed E-state index contributed by atoms with van der Waals surface area (Å²) in [6.07, 6.45) is 5.22. The van der Waals surface area contributed by atoms with E-state index in [1.807, 2.05) is 12.1 Å². The largest absolute Gasteiger partial charge is 0.508 e. The van der Waals surface area contributed by atoms with Crippen LogP contribution in [-0.2, 0) is 4.79 Å². The highest BCUT2D eigenvalue weighted by Crippen LogP contribution is 2.29. The van der Waals surface area contributed by atoms with Crippen LogP contribution in [0, 0.1) is 5.92 Å². The molecule has 5 heteroatoms. The molecular formula is C16H19N3O2. The highest BCUT2D eigenvalue weighted by Gasteiger charge is 2.25. The first-order valence-corrected chi connectivity index (χ1v) is 7.27. The van der Waals surface area contributed by atoms with Crippen LogP contribution in [0.4, 0.5) is 5.82 Å². The van der Waals surface area contributed by atoms with Crippen molar-refractivity contribution >= 4 is 22.5 Å². The molecule has 0 aliphatic heterocycles. The molecule has 0 radical (unpaired) electrons. The number of aromatic hydroxyl groups is 1. The van der Waals surface area contributed by atoms with Gasteiger partial charge in [0.25, 0.3) is 0 Å². The lowest BCUT2D eigenvalue weighted by Crippen LogP contribution is -2.32. The summed E-state index contributed by atoms with van der Waals surface area (Å²) in [7, 11) is 0. The summed E-state index contributed by atoms with van der Waals surface area (Å²) in [4.78, 5) is 15.6. The van der Waals surface area contributed by atoms with Crippen molar-refractivity contribution in [1.82, 2.24) is 4.98 Å². The topological polar surface area (TPSA) is 88.2 Å². The summed E-state index contributed by atoms with van der Waals surface area (Å²) in [6.45, 7) is 0. The second-order valence-corrected chi connectivity index (χ2v) is 5.66. The van der Waals surface area contributed by atoms with Crippen molar-refractivity contribution in [2.45, 2.75) is 31.7 Å². The number of pyridine rings is 1. The summed E-state index contributed by atoms with van der Waals surface area (Å²) in [6, 6.07) is 7.48. The van der Waals surface area contributed by atoms with Crippen molar-refractivity contribution < 1.29 is 9.90 Å². The monoisotopic (exact) mass is 285 g/mol. The molecule has 4 N–H and O–H groups in total. The molecule has 0 saturated heterocycles. The molecule has 1 aromatic carbocycles. The molecule has 21 heavy (non-hydrogen) atoms. The fourth-order valence-corrected chi connectivity index (χ4v) is 2.99. The van der Waals surface area contributed by atoms with Gasteiger partial charge in [-0.15, -0.1) is 0 Å². The number of benzene rings is 1. The van der Waals surface area contributed by atoms with Crippen molar-refractivity contribution in [3.63, 3.8) is 0 Å². The predicted octanol–water partition coefficient (Wildman–Crippen LogP) is 2.40. The van der Waals surface area contributed by atoms with Crippen LogP contribution in [0.5, 0.6) is 5.75 Å². The van der Waals surface area contributed by atoms with Gasteiger partial charge in [-0.25, -0.2) is 4.98 Å². The highest BCUT2D eigenvalue weighted by atomic mass is 16.3. The van der Waals surface area contributed by atoms with E-state index in [1.54, 1.807) is 18.3 Å². The average molecular weight is 285 g/mol. The van der Waals surface area contributed by atoms with Gasteiger partial charge < -0.3 is 16.2 Å². The molecular weight excluding hydrogens is 266 g/mol. The fraction of sp³-hybridized carbons (Fsp3) is 0.375. The van der Waals surface area contributed by atoms with E-state index < -0.39 is 0 Å². The van der Waals surface area contributed by atoms with Crippen LogP contribution in [0.1, 0.15) is 25.7 Å². The molecule has 2 aromatic rings. The number of phenols is 1. The van der Waals surface area contributed by atoms with Crippen molar-refractivity contribution in [3.05, 3.63) is 30.5 Å². The molecule has 1 fully saturated rings. The summed E-state index contributed by atoms with van der Waals surface area (Å²) < 4.78 is 0. The van der Waals surface area contributed by atoms with Crippen molar-refractivity contribution in [1.29, 1.82) is 0 Å². The molecule has 3 rings (SSSR count). The first kappa shape index (κ1) is 13.7. The van der Waals surface area contributed by atoms with Gasteiger partial charge >= 0.3 is 0 Å². The maximum Gasteiger partial charge on any atom is 0.220 e. The Bertz CT molecular complexity index is 664. The number of nitrogens with zero attached hydrogens (tertiary/aromatic N) is 1. The number of fused-ring (bicyclic) bond motifs is 1. The maximum absolute atomic E-state index is 11.2. The van der Waals surface area contributed by atoms with E-state index in [9.17, 15) is 9.90 Å². The lowest BCUT2D eigenvalue weighted by Gasteiger charge is -2.28. The average Bonchev–Trinajstić information content (AvgIpc) is 2.48. The Hall–Kier alpha value is -2.30. The number of nitrogens with one attached hydrogen (secondary N) is 1. The van der Waals surface area contributed by atoms with Crippen molar-refractivity contribution in [2.24, 2.45) is 11.7 Å². The van der Waals surface area contributed by atoms with Gasteiger partial charge in [0.15, 0.2) is 0 Å². The molecule has 1 aliphatic rings. The number of phenolic OH excluding ortho intramolecular Hbond substituents is 1. The fourth-order valence-electron chi connectivity index (χ4n) is 2.99. The summed E-state index contributed by atoms with van der Waals surface area (Å²) in [5.41, 5.74) is 5.36. The van der Waals surface area contributed by atoms with Crippen LogP contribution < -0.4 is 11.1 Å². The standard InChI is InChI=1S/C16H19N3O2/c17-15(21)11-1-4-12(5-2-11)19-16-14-9-13(20)6-3-10(14)7-8-18-16/h3,6-9,11-12,20H,1-2,4-5H2,(H2,17,21)(H,18,19). The molecule has 5 nitrogen and oxygen atoms in total. The minimum absolute atomic E-state index is 0.00701. The van der Waals surface area contributed by atoms with Gasteiger partial charge in [-0.1, -0.05) is 6.07 Å². The third-order valence-electron chi connectivity index (χ3n) is 4.22. The summed E-state index contributed by atoms with van der Waals surface area (Å²) >= 11 is 0. The van der Waals surface area contributed by atoms with E-state index >= 15 is 0 Å². The van der Waals surface area contributed by atoms with E-state index in [-0.39, 0.29) is 17.6 Å². The minimum Gasteiger partial charge on any atom is -0.508 e. The minimum atomic E-state index is -0.193. The SMILES string of the molecule is NC(=O)C1CCC(Nc2nccc3ccc(O)cc23)CC1. The number of carbonyl (C=O) groups excluding carboxylic acids is 1. The maximum atomic E-state index is 11.2. The number of amides is 1. The van der Waals surface area contributed by atoms with E-state index in [0.29, 0.717) is 6.04 Å². The molecule has 0 spiro atoms. The molecule has 1 saturated carbocycles. The Morgan fingerprint density at radius 3 is 2.71 bits per heavy atom. The Morgan fingerprint density at radius 1 is 1.24 bits per heavy atom. The molecule has 1 amide bonds. The van der Waals surface area contributed by atoms with Crippen LogP contribution in [-0.4, -0.2) is 22.0 Å². The first-order chi connectivity index (χ1) is 10.1. The van der Waals surface area contributed by atoms with Gasteiger partial charge in [0.05, 0.1) is 0 Å². The third-order valence-corrected chi connectivity index (χ3v) is 4.22. The van der Waals surface area contributed by atoms with E-state index in [1.165, 1.54) is 0 Å². The number of rotatable bonds is 3. The van der Waals surface area contributed by atoms with Crippen LogP contribution in [0.2, 0.25) is 0 Å². The van der Waals surface area contributed by atoms with Gasteiger partial charge in [0.2, 0.25) is 5.91 Å². The van der Waals surface area contributed by atoms with Gasteiger partial charge in [-0.05, 0) is 49.3 Å². The molecule has 1 aliphatic carbocycles. The Balaban J connectivity index is 1.77. The second kappa shape index (κ2) is 5.60. The smallest absolute Gasteiger partial charge is 0.220 e. The molecule has 0 atom stereocenters. The van der Waals surface area contributed by atoms with Crippen molar-refractivity contribution in [2.75, 3.05) is 5.32 Å². The van der Waals surface area contributed by atoms with Gasteiger partial charge in [0, 0.05) is 23.5 Å². The quantitative estimate of drug-likeness (QED) is 0.808. The Kier molecular flexibility index (Phi) is 3.64. The van der Waals surface area contributed by atoms with Crippen LogP contribution in [0.3, 0.4) is 0 Å². The van der Waals surface area contributed by atoms with E-state index in [0.717, 1.165) is 42.3 Å². The Morgan fingerprint density at radius 2 is 2.00 bits per heavy atom. The lowest BCUT2D eigenvalue weighted by molar-refractivity contribution is -0.122. The molecule has 110 valence electrons. The summed E-state index contributed by atoms with van der Waals surface area (Å²) in [5, 5.41) is 15.0. The van der Waals surface area contributed by atoms with Gasteiger partial charge in [-0.3, -0.25) is 4.79 Å². The molecule has 1 aromatic heterocycles. The van der Waals surface area contributed by atoms with E-state index in [4.69, 9.17) is 5.73 Å². The number of hydrogen-bond donors (Lipinski definition) is 3. The highest BCUT2D eigenvalue weighted by molar-refractivity contribution is 5.92. The number of primary amides is 1. The molecule has 0 bridgehead atoms. The number of carbonyl (C=O) groups is 1. The van der Waals surface area contributed by atoms with Crippen LogP contribution in [0.15, 0.2) is 30.5 Å². The number of aromatic nitrogens is 1.